The van der Waals surface area contributed by atoms with E-state index in [1.54, 1.807) is 11.3 Å². The maximum absolute atomic E-state index is 12.4. The molecule has 1 aromatic heterocycles. The standard InChI is InChI=1S/C22H28N4O2S/c27-20(25-22(28)23-13-12-16-7-2-1-3-8-16)15-26-14-6-10-18(26)21-24-17-9-4-5-11-19(17)29-21/h4-5,7,9,11,18H,1-3,6,8,10,12-15H2,(H2,23,25,27,28)/t18-/m1/s1. The highest BCUT2D eigenvalue weighted by atomic mass is 32.1. The van der Waals surface area contributed by atoms with Crippen LogP contribution < -0.4 is 10.6 Å². The zero-order valence-corrected chi connectivity index (χ0v) is 17.5. The Balaban J connectivity index is 1.26. The fourth-order valence-corrected chi connectivity index (χ4v) is 5.33. The van der Waals surface area contributed by atoms with Crippen molar-refractivity contribution in [3.05, 3.63) is 40.9 Å². The third-order valence-electron chi connectivity index (χ3n) is 5.68. The minimum absolute atomic E-state index is 0.152. The molecular weight excluding hydrogens is 384 g/mol. The van der Waals surface area contributed by atoms with Gasteiger partial charge in [-0.25, -0.2) is 9.78 Å². The lowest BCUT2D eigenvalue weighted by molar-refractivity contribution is -0.121. The molecule has 0 saturated carbocycles. The summed E-state index contributed by atoms with van der Waals surface area (Å²) in [5.74, 6) is -0.257. The Hall–Kier alpha value is -2.25. The average molecular weight is 413 g/mol. The van der Waals surface area contributed by atoms with E-state index in [9.17, 15) is 9.59 Å². The molecule has 0 unspecified atom stereocenters. The summed E-state index contributed by atoms with van der Waals surface area (Å²) in [6, 6.07) is 7.87. The van der Waals surface area contributed by atoms with Crippen LogP contribution >= 0.6 is 11.3 Å². The number of benzene rings is 1. The summed E-state index contributed by atoms with van der Waals surface area (Å²) in [7, 11) is 0. The van der Waals surface area contributed by atoms with Gasteiger partial charge in [-0.2, -0.15) is 0 Å². The van der Waals surface area contributed by atoms with Crippen LogP contribution in [0.2, 0.25) is 0 Å². The third kappa shape index (κ3) is 5.22. The first-order valence-electron chi connectivity index (χ1n) is 10.5. The zero-order valence-electron chi connectivity index (χ0n) is 16.7. The number of likely N-dealkylation sites (tertiary alicyclic amines) is 1. The van der Waals surface area contributed by atoms with Gasteiger partial charge in [0.2, 0.25) is 5.91 Å². The Morgan fingerprint density at radius 2 is 2.10 bits per heavy atom. The molecule has 2 aliphatic rings. The zero-order chi connectivity index (χ0) is 20.1. The number of para-hydroxylation sites is 1. The number of carbonyl (C=O) groups excluding carboxylic acids is 2. The Morgan fingerprint density at radius 1 is 1.21 bits per heavy atom. The van der Waals surface area contributed by atoms with Crippen molar-refractivity contribution >= 4 is 33.5 Å². The van der Waals surface area contributed by atoms with E-state index >= 15 is 0 Å². The quantitative estimate of drug-likeness (QED) is 0.699. The molecule has 154 valence electrons. The SMILES string of the molecule is O=C(CN1CCC[C@@H]1c1nc2ccccc2s1)NC(=O)NCCC1=CCCCC1. The fraction of sp³-hybridized carbons (Fsp3) is 0.500. The molecule has 1 saturated heterocycles. The summed E-state index contributed by atoms with van der Waals surface area (Å²) in [6.45, 7) is 1.64. The van der Waals surface area contributed by atoms with Gasteiger partial charge in [-0.1, -0.05) is 23.8 Å². The van der Waals surface area contributed by atoms with Gasteiger partial charge in [0.15, 0.2) is 0 Å². The van der Waals surface area contributed by atoms with Crippen LogP contribution in [0.4, 0.5) is 4.79 Å². The second-order valence-corrected chi connectivity index (χ2v) is 8.87. The minimum atomic E-state index is -0.401. The van der Waals surface area contributed by atoms with Crippen LogP contribution in [0.1, 0.15) is 56.0 Å². The van der Waals surface area contributed by atoms with Crippen molar-refractivity contribution in [2.24, 2.45) is 0 Å². The Morgan fingerprint density at radius 3 is 2.93 bits per heavy atom. The largest absolute Gasteiger partial charge is 0.337 e. The van der Waals surface area contributed by atoms with Crippen LogP contribution in [0.5, 0.6) is 0 Å². The van der Waals surface area contributed by atoms with Crippen molar-refractivity contribution in [1.82, 2.24) is 20.5 Å². The van der Waals surface area contributed by atoms with Gasteiger partial charge >= 0.3 is 6.03 Å². The number of carbonyl (C=O) groups is 2. The highest BCUT2D eigenvalue weighted by Crippen LogP contribution is 2.36. The topological polar surface area (TPSA) is 74.3 Å². The van der Waals surface area contributed by atoms with Crippen LogP contribution in [0.3, 0.4) is 0 Å². The maximum Gasteiger partial charge on any atom is 0.321 e. The highest BCUT2D eigenvalue weighted by molar-refractivity contribution is 7.18. The van der Waals surface area contributed by atoms with Gasteiger partial charge in [-0.05, 0) is 63.6 Å². The number of aromatic nitrogens is 1. The Labute approximate surface area is 175 Å². The van der Waals surface area contributed by atoms with Gasteiger partial charge in [-0.15, -0.1) is 11.3 Å². The number of allylic oxidation sites excluding steroid dienone is 1. The molecule has 4 rings (SSSR count). The number of fused-ring (bicyclic) bond motifs is 1. The summed E-state index contributed by atoms with van der Waals surface area (Å²) in [6.07, 6.45) is 9.96. The van der Waals surface area contributed by atoms with Crippen LogP contribution in [0.25, 0.3) is 10.2 Å². The van der Waals surface area contributed by atoms with E-state index < -0.39 is 6.03 Å². The number of thiazole rings is 1. The third-order valence-corrected chi connectivity index (χ3v) is 6.81. The lowest BCUT2D eigenvalue weighted by atomic mass is 9.97. The van der Waals surface area contributed by atoms with Gasteiger partial charge in [0.05, 0.1) is 22.8 Å². The second kappa shape index (κ2) is 9.50. The number of imide groups is 1. The monoisotopic (exact) mass is 412 g/mol. The van der Waals surface area contributed by atoms with Gasteiger partial charge in [0, 0.05) is 6.54 Å². The van der Waals surface area contributed by atoms with E-state index in [2.05, 4.69) is 27.7 Å². The van der Waals surface area contributed by atoms with E-state index in [1.165, 1.54) is 23.1 Å². The van der Waals surface area contributed by atoms with Gasteiger partial charge in [0.1, 0.15) is 5.01 Å². The Bertz CT molecular complexity index is 874. The lowest BCUT2D eigenvalue weighted by Gasteiger charge is -2.21. The van der Waals surface area contributed by atoms with E-state index in [4.69, 9.17) is 4.98 Å². The molecule has 1 aliphatic heterocycles. The van der Waals surface area contributed by atoms with Gasteiger partial charge < -0.3 is 5.32 Å². The normalized spacial score (nSPS) is 19.9. The Kier molecular flexibility index (Phi) is 6.56. The first-order chi connectivity index (χ1) is 14.2. The van der Waals surface area contributed by atoms with E-state index in [1.807, 2.05) is 18.2 Å². The molecule has 2 N–H and O–H groups in total. The first-order valence-corrected chi connectivity index (χ1v) is 11.4. The maximum atomic E-state index is 12.4. The summed E-state index contributed by atoms with van der Waals surface area (Å²) in [5, 5.41) is 6.34. The van der Waals surface area contributed by atoms with Crippen molar-refractivity contribution in [1.29, 1.82) is 0 Å². The number of nitrogens with one attached hydrogen (secondary N) is 2. The molecule has 2 heterocycles. The van der Waals surface area contributed by atoms with Crippen LogP contribution in [-0.2, 0) is 4.79 Å². The number of nitrogens with zero attached hydrogens (tertiary/aromatic N) is 2. The van der Waals surface area contributed by atoms with Gasteiger partial charge in [-0.3, -0.25) is 15.0 Å². The minimum Gasteiger partial charge on any atom is -0.337 e. The summed E-state index contributed by atoms with van der Waals surface area (Å²) in [5.41, 5.74) is 2.43. The summed E-state index contributed by atoms with van der Waals surface area (Å²) < 4.78 is 1.17. The van der Waals surface area contributed by atoms with E-state index in [-0.39, 0.29) is 18.5 Å². The first kappa shape index (κ1) is 20.0. The lowest BCUT2D eigenvalue weighted by Crippen LogP contribution is -2.44. The molecule has 0 bridgehead atoms. The molecule has 6 nitrogen and oxygen atoms in total. The molecule has 0 radical (unpaired) electrons. The molecule has 7 heteroatoms. The molecule has 29 heavy (non-hydrogen) atoms. The highest BCUT2D eigenvalue weighted by Gasteiger charge is 2.30. The van der Waals surface area contributed by atoms with Crippen LogP contribution in [0, 0.1) is 0 Å². The van der Waals surface area contributed by atoms with Crippen molar-refractivity contribution in [3.8, 4) is 0 Å². The smallest absolute Gasteiger partial charge is 0.321 e. The molecular formula is C22H28N4O2S. The number of urea groups is 1. The molecule has 1 aromatic carbocycles. The van der Waals surface area contributed by atoms with Crippen molar-refractivity contribution < 1.29 is 9.59 Å². The summed E-state index contributed by atoms with van der Waals surface area (Å²) >= 11 is 1.69. The molecule has 3 amide bonds. The molecule has 0 spiro atoms. The summed E-state index contributed by atoms with van der Waals surface area (Å²) in [4.78, 5) is 31.3. The number of hydrogen-bond donors (Lipinski definition) is 2. The van der Waals surface area contributed by atoms with Crippen LogP contribution in [-0.4, -0.2) is 41.5 Å². The number of hydrogen-bond acceptors (Lipinski definition) is 5. The fourth-order valence-electron chi connectivity index (χ4n) is 4.19. The predicted molar refractivity (Wildman–Crippen MR) is 116 cm³/mol. The van der Waals surface area contributed by atoms with Crippen molar-refractivity contribution in [2.75, 3.05) is 19.6 Å². The number of amides is 3. The molecule has 1 fully saturated rings. The van der Waals surface area contributed by atoms with Crippen molar-refractivity contribution in [3.63, 3.8) is 0 Å². The predicted octanol–water partition coefficient (Wildman–Crippen LogP) is 4.15. The van der Waals surface area contributed by atoms with E-state index in [0.29, 0.717) is 6.54 Å². The number of rotatable bonds is 6. The second-order valence-electron chi connectivity index (χ2n) is 7.81. The molecule has 1 aliphatic carbocycles. The van der Waals surface area contributed by atoms with Crippen LogP contribution in [0.15, 0.2) is 35.9 Å². The molecule has 2 aromatic rings. The van der Waals surface area contributed by atoms with Crippen molar-refractivity contribution in [2.45, 2.75) is 51.0 Å². The van der Waals surface area contributed by atoms with Gasteiger partial charge in [0.25, 0.3) is 0 Å². The average Bonchev–Trinajstić information content (AvgIpc) is 3.35. The molecule has 1 atom stereocenters. The van der Waals surface area contributed by atoms with E-state index in [0.717, 1.165) is 49.2 Å².